The van der Waals surface area contributed by atoms with Gasteiger partial charge in [-0.15, -0.1) is 0 Å². The number of carbonyl (C=O) groups excluding carboxylic acids is 4. The highest BCUT2D eigenvalue weighted by Crippen LogP contribution is 2.23. The molecule has 3 amide bonds. The van der Waals surface area contributed by atoms with Crippen molar-refractivity contribution in [3.8, 4) is 0 Å². The Morgan fingerprint density at radius 3 is 2.51 bits per heavy atom. The number of ether oxygens (including phenoxy) is 1. The molecule has 1 aliphatic rings. The second-order valence-corrected chi connectivity index (χ2v) is 10.2. The first-order valence-electron chi connectivity index (χ1n) is 12.1. The van der Waals surface area contributed by atoms with E-state index in [0.717, 1.165) is 10.9 Å². The summed E-state index contributed by atoms with van der Waals surface area (Å²) in [7, 11) is 0. The number of Topliss-reactive ketones (excluding diaryl/α,β-unsaturated/α-hetero) is 1. The second kappa shape index (κ2) is 11.5. The maximum atomic E-state index is 13.4. The minimum absolute atomic E-state index is 0.119. The third-order valence-electron chi connectivity index (χ3n) is 6.05. The van der Waals surface area contributed by atoms with Crippen LogP contribution >= 0.6 is 0 Å². The van der Waals surface area contributed by atoms with Crippen molar-refractivity contribution in [2.75, 3.05) is 19.8 Å². The Bertz CT molecular complexity index is 1040. The minimum Gasteiger partial charge on any atom is -0.374 e. The molecule has 1 fully saturated rings. The van der Waals surface area contributed by atoms with Gasteiger partial charge in [-0.05, 0) is 43.7 Å². The van der Waals surface area contributed by atoms with Crippen LogP contribution in [0.25, 0.3) is 10.9 Å². The summed E-state index contributed by atoms with van der Waals surface area (Å²) < 4.78 is 5.27. The molecule has 2 aromatic rings. The first-order valence-corrected chi connectivity index (χ1v) is 12.1. The molecular weight excluding hydrogens is 448 g/mol. The van der Waals surface area contributed by atoms with Crippen LogP contribution in [0.15, 0.2) is 30.3 Å². The van der Waals surface area contributed by atoms with Gasteiger partial charge in [0.25, 0.3) is 5.91 Å². The molecule has 1 aromatic heterocycles. The standard InChI is InChI=1S/C26H36N4O5/c1-5-35-15-22(31)19(13-17-10-11-27-23(17)32)29-25(34)21(14-26(2,3)4)30-24(33)20-12-16-8-6-7-9-18(16)28-20/h6-9,12,17,19,21,28H,5,10-11,13-15H2,1-4H3,(H,27,32)(H,29,34)(H,30,33)/t17-,19-,21-/m0/s1. The lowest BCUT2D eigenvalue weighted by Gasteiger charge is -2.28. The number of aromatic nitrogens is 1. The van der Waals surface area contributed by atoms with Gasteiger partial charge in [-0.3, -0.25) is 19.2 Å². The summed E-state index contributed by atoms with van der Waals surface area (Å²) in [5, 5.41) is 9.30. The van der Waals surface area contributed by atoms with Crippen molar-refractivity contribution in [3.63, 3.8) is 0 Å². The summed E-state index contributed by atoms with van der Waals surface area (Å²) in [5.41, 5.74) is 0.904. The van der Waals surface area contributed by atoms with Gasteiger partial charge in [-0.25, -0.2) is 0 Å². The van der Waals surface area contributed by atoms with Crippen molar-refractivity contribution < 1.29 is 23.9 Å². The van der Waals surface area contributed by atoms with Crippen molar-refractivity contribution in [3.05, 3.63) is 36.0 Å². The molecule has 1 saturated heterocycles. The molecule has 9 heteroatoms. The van der Waals surface area contributed by atoms with Crippen LogP contribution in [0.1, 0.15) is 57.4 Å². The molecule has 4 N–H and O–H groups in total. The molecule has 3 atom stereocenters. The number of ketones is 1. The lowest BCUT2D eigenvalue weighted by atomic mass is 9.87. The molecule has 0 spiro atoms. The predicted molar refractivity (Wildman–Crippen MR) is 133 cm³/mol. The zero-order valence-corrected chi connectivity index (χ0v) is 20.9. The van der Waals surface area contributed by atoms with Gasteiger partial charge in [0.1, 0.15) is 18.3 Å². The summed E-state index contributed by atoms with van der Waals surface area (Å²) in [6, 6.07) is 7.53. The maximum Gasteiger partial charge on any atom is 0.268 e. The normalized spacial score (nSPS) is 17.6. The van der Waals surface area contributed by atoms with Gasteiger partial charge in [0.15, 0.2) is 5.78 Å². The quantitative estimate of drug-likeness (QED) is 0.389. The smallest absolute Gasteiger partial charge is 0.268 e. The van der Waals surface area contributed by atoms with E-state index in [-0.39, 0.29) is 36.1 Å². The first kappa shape index (κ1) is 26.4. The van der Waals surface area contributed by atoms with Gasteiger partial charge in [0.05, 0.1) is 6.04 Å². The lowest BCUT2D eigenvalue weighted by Crippen LogP contribution is -2.53. The van der Waals surface area contributed by atoms with Crippen molar-refractivity contribution in [1.29, 1.82) is 0 Å². The van der Waals surface area contributed by atoms with E-state index >= 15 is 0 Å². The second-order valence-electron chi connectivity index (χ2n) is 10.2. The minimum atomic E-state index is -0.879. The Labute approximate surface area is 205 Å². The number of H-pyrrole nitrogens is 1. The Morgan fingerprint density at radius 1 is 1.14 bits per heavy atom. The van der Waals surface area contributed by atoms with Crippen LogP contribution in [0.4, 0.5) is 0 Å². The third-order valence-corrected chi connectivity index (χ3v) is 6.05. The number of rotatable bonds is 11. The van der Waals surface area contributed by atoms with Crippen LogP contribution in [-0.4, -0.2) is 60.3 Å². The van der Waals surface area contributed by atoms with Crippen molar-refractivity contribution in [2.24, 2.45) is 11.3 Å². The van der Waals surface area contributed by atoms with Gasteiger partial charge in [0, 0.05) is 30.0 Å². The number of para-hydroxylation sites is 1. The molecule has 3 rings (SSSR count). The van der Waals surface area contributed by atoms with Gasteiger partial charge in [0.2, 0.25) is 11.8 Å². The topological polar surface area (TPSA) is 129 Å². The molecule has 1 aromatic carbocycles. The van der Waals surface area contributed by atoms with Gasteiger partial charge in [-0.2, -0.15) is 0 Å². The highest BCUT2D eigenvalue weighted by molar-refractivity contribution is 6.01. The van der Waals surface area contributed by atoms with Crippen molar-refractivity contribution in [2.45, 2.75) is 59.0 Å². The Morgan fingerprint density at radius 2 is 1.89 bits per heavy atom. The average Bonchev–Trinajstić information content (AvgIpc) is 3.41. The summed E-state index contributed by atoms with van der Waals surface area (Å²) in [6.45, 7) is 8.47. The highest BCUT2D eigenvalue weighted by atomic mass is 16.5. The molecule has 0 radical (unpaired) electrons. The average molecular weight is 485 g/mol. The molecule has 0 bridgehead atoms. The number of fused-ring (bicyclic) bond motifs is 1. The van der Waals surface area contributed by atoms with Crippen molar-refractivity contribution in [1.82, 2.24) is 20.9 Å². The van der Waals surface area contributed by atoms with E-state index in [9.17, 15) is 19.2 Å². The van der Waals surface area contributed by atoms with Crippen LogP contribution in [0.3, 0.4) is 0 Å². The Hall–Kier alpha value is -3.20. The zero-order chi connectivity index (χ0) is 25.6. The largest absolute Gasteiger partial charge is 0.374 e. The number of amides is 3. The third kappa shape index (κ3) is 7.39. The fraction of sp³-hybridized carbons (Fsp3) is 0.538. The molecule has 190 valence electrons. The van der Waals surface area contributed by atoms with E-state index in [4.69, 9.17) is 4.74 Å². The number of benzene rings is 1. The predicted octanol–water partition coefficient (Wildman–Crippen LogP) is 2.32. The van der Waals surface area contributed by atoms with Crippen LogP contribution in [-0.2, 0) is 19.1 Å². The fourth-order valence-corrected chi connectivity index (χ4v) is 4.25. The van der Waals surface area contributed by atoms with Crippen LogP contribution in [0.5, 0.6) is 0 Å². The fourth-order valence-electron chi connectivity index (χ4n) is 4.25. The van der Waals surface area contributed by atoms with Crippen LogP contribution < -0.4 is 16.0 Å². The van der Waals surface area contributed by atoms with Gasteiger partial charge < -0.3 is 25.7 Å². The Kier molecular flexibility index (Phi) is 8.67. The lowest BCUT2D eigenvalue weighted by molar-refractivity contribution is -0.132. The van der Waals surface area contributed by atoms with E-state index in [1.54, 1.807) is 13.0 Å². The van der Waals surface area contributed by atoms with Crippen LogP contribution in [0.2, 0.25) is 0 Å². The number of aromatic amines is 1. The number of hydrogen-bond acceptors (Lipinski definition) is 5. The molecule has 0 aliphatic carbocycles. The molecule has 35 heavy (non-hydrogen) atoms. The number of nitrogens with one attached hydrogen (secondary N) is 4. The Balaban J connectivity index is 1.76. The highest BCUT2D eigenvalue weighted by Gasteiger charge is 2.34. The summed E-state index contributed by atoms with van der Waals surface area (Å²) in [6.07, 6.45) is 1.17. The van der Waals surface area contributed by atoms with Crippen LogP contribution in [0, 0.1) is 11.3 Å². The van der Waals surface area contributed by atoms with Gasteiger partial charge in [-0.1, -0.05) is 39.0 Å². The first-order chi connectivity index (χ1) is 16.6. The summed E-state index contributed by atoms with van der Waals surface area (Å²) in [4.78, 5) is 54.4. The molecule has 0 unspecified atom stereocenters. The molecule has 2 heterocycles. The van der Waals surface area contributed by atoms with E-state index in [1.807, 2.05) is 45.0 Å². The van der Waals surface area contributed by atoms with E-state index in [1.165, 1.54) is 0 Å². The number of hydrogen-bond donors (Lipinski definition) is 4. The molecule has 9 nitrogen and oxygen atoms in total. The van der Waals surface area contributed by atoms with Gasteiger partial charge >= 0.3 is 0 Å². The zero-order valence-electron chi connectivity index (χ0n) is 20.9. The van der Waals surface area contributed by atoms with E-state index in [0.29, 0.717) is 31.7 Å². The maximum absolute atomic E-state index is 13.4. The summed E-state index contributed by atoms with van der Waals surface area (Å²) in [5.74, 6) is -1.63. The SMILES string of the molecule is CCOCC(=O)[C@H](C[C@@H]1CCNC1=O)NC(=O)[C@H](CC(C)(C)C)NC(=O)c1cc2ccccc2[nH]1. The van der Waals surface area contributed by atoms with Crippen molar-refractivity contribution >= 4 is 34.4 Å². The van der Waals surface area contributed by atoms with E-state index < -0.39 is 23.9 Å². The van der Waals surface area contributed by atoms with E-state index in [2.05, 4.69) is 20.9 Å². The molecule has 1 aliphatic heterocycles. The number of carbonyl (C=O) groups is 4. The molecular formula is C26H36N4O5. The monoisotopic (exact) mass is 484 g/mol. The summed E-state index contributed by atoms with van der Waals surface area (Å²) >= 11 is 0. The molecule has 0 saturated carbocycles.